The zero-order valence-electron chi connectivity index (χ0n) is 12.2. The van der Waals surface area contributed by atoms with Crippen LogP contribution in [-0.4, -0.2) is 31.3 Å². The number of hydrogen-bond donors (Lipinski definition) is 2. The quantitative estimate of drug-likeness (QED) is 0.708. The lowest BCUT2D eigenvalue weighted by Gasteiger charge is -2.13. The molecule has 2 N–H and O–H groups in total. The van der Waals surface area contributed by atoms with Gasteiger partial charge in [0.05, 0.1) is 6.61 Å². The standard InChI is InChI=1S/C15H25N3O/c1-11(2)14-8-12(10-17-13-4-5-13)9-15(18-14)16-6-7-19-3/h8-9,11,13,17H,4-7,10H2,1-3H3,(H,16,18). The maximum Gasteiger partial charge on any atom is 0.126 e. The molecule has 0 bridgehead atoms. The summed E-state index contributed by atoms with van der Waals surface area (Å²) in [5.41, 5.74) is 2.46. The van der Waals surface area contributed by atoms with E-state index in [0.29, 0.717) is 12.5 Å². The molecule has 1 fully saturated rings. The minimum absolute atomic E-state index is 0.448. The minimum atomic E-state index is 0.448. The Kier molecular flexibility index (Phi) is 5.16. The van der Waals surface area contributed by atoms with Crippen molar-refractivity contribution in [2.24, 2.45) is 0 Å². The topological polar surface area (TPSA) is 46.2 Å². The predicted octanol–water partition coefficient (Wildman–Crippen LogP) is 2.52. The van der Waals surface area contributed by atoms with Crippen LogP contribution < -0.4 is 10.6 Å². The lowest BCUT2D eigenvalue weighted by Crippen LogP contribution is -2.16. The maximum absolute atomic E-state index is 5.06. The molecule has 1 aromatic heterocycles. The van der Waals surface area contributed by atoms with Gasteiger partial charge < -0.3 is 15.4 Å². The zero-order chi connectivity index (χ0) is 13.7. The van der Waals surface area contributed by atoms with E-state index >= 15 is 0 Å². The van der Waals surface area contributed by atoms with Crippen LogP contribution in [0.15, 0.2) is 12.1 Å². The molecule has 4 nitrogen and oxygen atoms in total. The van der Waals surface area contributed by atoms with Gasteiger partial charge in [-0.15, -0.1) is 0 Å². The Labute approximate surface area is 116 Å². The molecule has 0 aromatic carbocycles. The average molecular weight is 263 g/mol. The fourth-order valence-electron chi connectivity index (χ4n) is 1.93. The van der Waals surface area contributed by atoms with Crippen LogP contribution in [0.25, 0.3) is 0 Å². The van der Waals surface area contributed by atoms with Crippen LogP contribution in [0.2, 0.25) is 0 Å². The van der Waals surface area contributed by atoms with Crippen molar-refractivity contribution in [1.82, 2.24) is 10.3 Å². The van der Waals surface area contributed by atoms with Gasteiger partial charge in [0.2, 0.25) is 0 Å². The number of methoxy groups -OCH3 is 1. The summed E-state index contributed by atoms with van der Waals surface area (Å²) >= 11 is 0. The SMILES string of the molecule is COCCNc1cc(CNC2CC2)cc(C(C)C)n1. The van der Waals surface area contributed by atoms with Crippen molar-refractivity contribution in [2.75, 3.05) is 25.6 Å². The van der Waals surface area contributed by atoms with Crippen LogP contribution in [0.4, 0.5) is 5.82 Å². The van der Waals surface area contributed by atoms with Gasteiger partial charge >= 0.3 is 0 Å². The number of rotatable bonds is 8. The maximum atomic E-state index is 5.06. The van der Waals surface area contributed by atoms with Gasteiger partial charge in [0.1, 0.15) is 5.82 Å². The van der Waals surface area contributed by atoms with Gasteiger partial charge in [-0.2, -0.15) is 0 Å². The van der Waals surface area contributed by atoms with Crippen LogP contribution in [0.5, 0.6) is 0 Å². The first-order valence-corrected chi connectivity index (χ1v) is 7.16. The van der Waals surface area contributed by atoms with Crippen LogP contribution >= 0.6 is 0 Å². The van der Waals surface area contributed by atoms with E-state index in [4.69, 9.17) is 4.74 Å². The highest BCUT2D eigenvalue weighted by molar-refractivity contribution is 5.40. The Morgan fingerprint density at radius 3 is 2.79 bits per heavy atom. The number of ether oxygens (including phenoxy) is 1. The van der Waals surface area contributed by atoms with Gasteiger partial charge in [-0.25, -0.2) is 4.98 Å². The van der Waals surface area contributed by atoms with Crippen LogP contribution in [0.1, 0.15) is 43.9 Å². The molecule has 106 valence electrons. The Morgan fingerprint density at radius 2 is 2.16 bits per heavy atom. The van der Waals surface area contributed by atoms with Crippen LogP contribution in [0.3, 0.4) is 0 Å². The molecule has 2 rings (SSSR count). The molecule has 4 heteroatoms. The molecule has 1 aromatic rings. The van der Waals surface area contributed by atoms with Crippen molar-refractivity contribution in [2.45, 2.75) is 45.2 Å². The van der Waals surface area contributed by atoms with Gasteiger partial charge in [-0.05, 0) is 36.5 Å². The summed E-state index contributed by atoms with van der Waals surface area (Å²) < 4.78 is 5.06. The minimum Gasteiger partial charge on any atom is -0.383 e. The molecule has 0 unspecified atom stereocenters. The van der Waals surface area contributed by atoms with Gasteiger partial charge in [0.25, 0.3) is 0 Å². The summed E-state index contributed by atoms with van der Waals surface area (Å²) in [6, 6.07) is 5.08. The molecule has 1 aliphatic carbocycles. The highest BCUT2D eigenvalue weighted by Gasteiger charge is 2.20. The molecule has 1 saturated carbocycles. The van der Waals surface area contributed by atoms with E-state index in [1.165, 1.54) is 18.4 Å². The lowest BCUT2D eigenvalue weighted by molar-refractivity contribution is 0.210. The van der Waals surface area contributed by atoms with Crippen molar-refractivity contribution >= 4 is 5.82 Å². The molecule has 1 heterocycles. The van der Waals surface area contributed by atoms with Crippen LogP contribution in [0, 0.1) is 0 Å². The lowest BCUT2D eigenvalue weighted by atomic mass is 10.1. The van der Waals surface area contributed by atoms with E-state index in [0.717, 1.165) is 30.6 Å². The van der Waals surface area contributed by atoms with E-state index in [1.54, 1.807) is 7.11 Å². The average Bonchev–Trinajstić information content (AvgIpc) is 3.20. The van der Waals surface area contributed by atoms with Gasteiger partial charge in [0, 0.05) is 31.9 Å². The van der Waals surface area contributed by atoms with E-state index in [1.807, 2.05) is 0 Å². The first kappa shape index (κ1) is 14.3. The Bertz CT molecular complexity index is 402. The second-order valence-corrected chi connectivity index (χ2v) is 5.51. The Hall–Kier alpha value is -1.13. The Balaban J connectivity index is 2.02. The molecule has 0 radical (unpaired) electrons. The van der Waals surface area contributed by atoms with Crippen molar-refractivity contribution < 1.29 is 4.74 Å². The van der Waals surface area contributed by atoms with E-state index in [9.17, 15) is 0 Å². The van der Waals surface area contributed by atoms with E-state index in [-0.39, 0.29) is 0 Å². The molecule has 1 aliphatic rings. The van der Waals surface area contributed by atoms with Gasteiger partial charge in [0.15, 0.2) is 0 Å². The van der Waals surface area contributed by atoms with E-state index < -0.39 is 0 Å². The summed E-state index contributed by atoms with van der Waals surface area (Å²) in [5.74, 6) is 1.40. The molecule has 0 atom stereocenters. The molecular formula is C15H25N3O. The number of anilines is 1. The fraction of sp³-hybridized carbons (Fsp3) is 0.667. The Morgan fingerprint density at radius 1 is 1.37 bits per heavy atom. The third kappa shape index (κ3) is 4.80. The zero-order valence-corrected chi connectivity index (χ0v) is 12.2. The normalized spacial score (nSPS) is 14.9. The van der Waals surface area contributed by atoms with Crippen LogP contribution in [-0.2, 0) is 11.3 Å². The third-order valence-corrected chi connectivity index (χ3v) is 3.28. The number of aromatic nitrogens is 1. The molecule has 0 aliphatic heterocycles. The number of nitrogens with zero attached hydrogens (tertiary/aromatic N) is 1. The third-order valence-electron chi connectivity index (χ3n) is 3.28. The van der Waals surface area contributed by atoms with Gasteiger partial charge in [-0.1, -0.05) is 13.8 Å². The van der Waals surface area contributed by atoms with Crippen molar-refractivity contribution in [3.63, 3.8) is 0 Å². The predicted molar refractivity (Wildman–Crippen MR) is 78.6 cm³/mol. The van der Waals surface area contributed by atoms with E-state index in [2.05, 4.69) is 41.6 Å². The molecule has 0 amide bonds. The number of nitrogens with one attached hydrogen (secondary N) is 2. The summed E-state index contributed by atoms with van der Waals surface area (Å²) in [6.07, 6.45) is 2.64. The number of pyridine rings is 1. The summed E-state index contributed by atoms with van der Waals surface area (Å²) in [5, 5.41) is 6.87. The summed E-state index contributed by atoms with van der Waals surface area (Å²) in [7, 11) is 1.71. The second kappa shape index (κ2) is 6.87. The molecule has 19 heavy (non-hydrogen) atoms. The summed E-state index contributed by atoms with van der Waals surface area (Å²) in [4.78, 5) is 4.65. The highest BCUT2D eigenvalue weighted by Crippen LogP contribution is 2.21. The number of hydrogen-bond acceptors (Lipinski definition) is 4. The summed E-state index contributed by atoms with van der Waals surface area (Å²) in [6.45, 7) is 6.79. The monoisotopic (exact) mass is 263 g/mol. The van der Waals surface area contributed by atoms with Crippen molar-refractivity contribution in [3.8, 4) is 0 Å². The first-order chi connectivity index (χ1) is 9.19. The first-order valence-electron chi connectivity index (χ1n) is 7.16. The molecule has 0 spiro atoms. The van der Waals surface area contributed by atoms with Gasteiger partial charge in [-0.3, -0.25) is 0 Å². The molecule has 0 saturated heterocycles. The molecular weight excluding hydrogens is 238 g/mol. The smallest absolute Gasteiger partial charge is 0.126 e. The second-order valence-electron chi connectivity index (χ2n) is 5.51. The van der Waals surface area contributed by atoms with Crippen molar-refractivity contribution in [3.05, 3.63) is 23.4 Å². The van der Waals surface area contributed by atoms with Crippen molar-refractivity contribution in [1.29, 1.82) is 0 Å². The fourth-order valence-corrected chi connectivity index (χ4v) is 1.93. The highest BCUT2D eigenvalue weighted by atomic mass is 16.5. The largest absolute Gasteiger partial charge is 0.383 e.